The Morgan fingerprint density at radius 3 is 2.60 bits per heavy atom. The number of hydrogen-bond donors (Lipinski definition) is 2. The molecule has 1 heterocycles. The molecule has 5 nitrogen and oxygen atoms in total. The van der Waals surface area contributed by atoms with E-state index in [4.69, 9.17) is 10.5 Å². The fourth-order valence-corrected chi connectivity index (χ4v) is 3.72. The highest BCUT2D eigenvalue weighted by Gasteiger charge is 2.19. The van der Waals surface area contributed by atoms with Crippen molar-refractivity contribution in [2.75, 3.05) is 11.9 Å². The van der Waals surface area contributed by atoms with Crippen molar-refractivity contribution in [3.63, 3.8) is 0 Å². The topological polar surface area (TPSA) is 81.4 Å². The zero-order valence-electron chi connectivity index (χ0n) is 14.0. The molecule has 128 valence electrons. The average molecular weight is 354 g/mol. The lowest BCUT2D eigenvalue weighted by atomic mass is 10.1. The maximum absolute atomic E-state index is 12.2. The summed E-state index contributed by atoms with van der Waals surface area (Å²) in [6.07, 6.45) is 0. The molecular weight excluding hydrogens is 336 g/mol. The van der Waals surface area contributed by atoms with Gasteiger partial charge >= 0.3 is 0 Å². The van der Waals surface area contributed by atoms with Crippen LogP contribution in [0.1, 0.15) is 20.8 Å². The molecule has 0 radical (unpaired) electrons. The monoisotopic (exact) mass is 354 g/mol. The second-order valence-electron chi connectivity index (χ2n) is 5.67. The van der Waals surface area contributed by atoms with Crippen LogP contribution in [-0.2, 0) is 4.79 Å². The Hall–Kier alpha value is -2.86. The number of nitrogens with two attached hydrogens (primary N) is 1. The largest absolute Gasteiger partial charge is 0.483 e. The van der Waals surface area contributed by atoms with E-state index in [0.717, 1.165) is 21.2 Å². The molecule has 3 rings (SSSR count). The van der Waals surface area contributed by atoms with E-state index in [-0.39, 0.29) is 12.5 Å². The van der Waals surface area contributed by atoms with E-state index in [0.29, 0.717) is 16.3 Å². The van der Waals surface area contributed by atoms with E-state index in [2.05, 4.69) is 5.32 Å². The molecule has 0 spiro atoms. The van der Waals surface area contributed by atoms with E-state index in [1.807, 2.05) is 56.3 Å². The van der Waals surface area contributed by atoms with Gasteiger partial charge in [-0.3, -0.25) is 9.59 Å². The molecule has 0 saturated carbocycles. The molecule has 0 saturated heterocycles. The summed E-state index contributed by atoms with van der Waals surface area (Å²) >= 11 is 1.33. The van der Waals surface area contributed by atoms with Crippen molar-refractivity contribution < 1.29 is 14.3 Å². The molecule has 0 fully saturated rings. The van der Waals surface area contributed by atoms with Crippen LogP contribution in [0.25, 0.3) is 10.8 Å². The summed E-state index contributed by atoms with van der Waals surface area (Å²) in [5.74, 6) is -0.245. The number of carbonyl (C=O) groups is 2. The Labute approximate surface area is 149 Å². The molecule has 2 amide bonds. The number of aryl methyl sites for hydroxylation is 1. The number of carbonyl (C=O) groups excluding carboxylic acids is 2. The molecule has 0 aliphatic heterocycles. The van der Waals surface area contributed by atoms with Crippen LogP contribution in [0.3, 0.4) is 0 Å². The number of anilines is 1. The lowest BCUT2D eigenvalue weighted by molar-refractivity contribution is -0.118. The number of fused-ring (bicyclic) bond motifs is 1. The van der Waals surface area contributed by atoms with E-state index >= 15 is 0 Å². The summed E-state index contributed by atoms with van der Waals surface area (Å²) in [4.78, 5) is 24.8. The van der Waals surface area contributed by atoms with E-state index in [1.54, 1.807) is 0 Å². The van der Waals surface area contributed by atoms with Crippen LogP contribution in [0.5, 0.6) is 5.75 Å². The van der Waals surface area contributed by atoms with Crippen molar-refractivity contribution in [1.29, 1.82) is 0 Å². The van der Waals surface area contributed by atoms with Gasteiger partial charge in [0.15, 0.2) is 6.61 Å². The van der Waals surface area contributed by atoms with Crippen molar-refractivity contribution >= 4 is 38.9 Å². The van der Waals surface area contributed by atoms with Crippen LogP contribution in [-0.4, -0.2) is 18.4 Å². The Balaban J connectivity index is 1.74. The minimum atomic E-state index is -0.549. The number of ether oxygens (including phenoxy) is 1. The minimum Gasteiger partial charge on any atom is -0.483 e. The third-order valence-corrected chi connectivity index (χ3v) is 5.12. The van der Waals surface area contributed by atoms with Crippen molar-refractivity contribution in [2.45, 2.75) is 13.8 Å². The molecule has 3 N–H and O–H groups in total. The highest BCUT2D eigenvalue weighted by atomic mass is 32.1. The second-order valence-corrected chi connectivity index (χ2v) is 6.89. The van der Waals surface area contributed by atoms with Crippen LogP contribution < -0.4 is 15.8 Å². The Morgan fingerprint density at radius 1 is 1.12 bits per heavy atom. The lowest BCUT2D eigenvalue weighted by Crippen LogP contribution is -2.22. The van der Waals surface area contributed by atoms with E-state index < -0.39 is 5.91 Å². The van der Waals surface area contributed by atoms with E-state index in [9.17, 15) is 9.59 Å². The third-order valence-electron chi connectivity index (χ3n) is 3.99. The van der Waals surface area contributed by atoms with Gasteiger partial charge in [-0.25, -0.2) is 0 Å². The molecule has 6 heteroatoms. The zero-order chi connectivity index (χ0) is 18.0. The van der Waals surface area contributed by atoms with Crippen LogP contribution in [0.4, 0.5) is 5.00 Å². The first-order valence-corrected chi connectivity index (χ1v) is 8.59. The third kappa shape index (κ3) is 3.49. The number of amides is 2. The van der Waals surface area contributed by atoms with Gasteiger partial charge < -0.3 is 15.8 Å². The molecular formula is C19H18N2O3S. The fourth-order valence-electron chi connectivity index (χ4n) is 2.64. The van der Waals surface area contributed by atoms with Crippen LogP contribution >= 0.6 is 11.3 Å². The van der Waals surface area contributed by atoms with Crippen molar-refractivity contribution in [2.24, 2.45) is 5.73 Å². The molecule has 0 unspecified atom stereocenters. The minimum absolute atomic E-state index is 0.151. The SMILES string of the molecule is Cc1sc(NC(=O)COc2cccc3ccccc23)c(C(N)=O)c1C. The lowest BCUT2D eigenvalue weighted by Gasteiger charge is -2.09. The van der Waals surface area contributed by atoms with Gasteiger partial charge in [0, 0.05) is 10.3 Å². The van der Waals surface area contributed by atoms with E-state index in [1.165, 1.54) is 11.3 Å². The molecule has 2 aromatic carbocycles. The number of nitrogens with one attached hydrogen (secondary N) is 1. The van der Waals surface area contributed by atoms with Crippen LogP contribution in [0, 0.1) is 13.8 Å². The summed E-state index contributed by atoms with van der Waals surface area (Å²) in [5.41, 5.74) is 6.57. The Morgan fingerprint density at radius 2 is 1.84 bits per heavy atom. The number of primary amides is 1. The number of benzene rings is 2. The van der Waals surface area contributed by atoms with Gasteiger partial charge in [-0.05, 0) is 30.9 Å². The molecule has 0 aliphatic carbocycles. The Kier molecular flexibility index (Phi) is 4.72. The normalized spacial score (nSPS) is 10.6. The average Bonchev–Trinajstić information content (AvgIpc) is 2.86. The first kappa shape index (κ1) is 17.0. The summed E-state index contributed by atoms with van der Waals surface area (Å²) in [6.45, 7) is 3.55. The smallest absolute Gasteiger partial charge is 0.262 e. The molecule has 25 heavy (non-hydrogen) atoms. The van der Waals surface area contributed by atoms with Gasteiger partial charge in [0.1, 0.15) is 10.8 Å². The highest BCUT2D eigenvalue weighted by Crippen LogP contribution is 2.32. The predicted octanol–water partition coefficient (Wildman–Crippen LogP) is 3.63. The second kappa shape index (κ2) is 6.94. The molecule has 0 atom stereocenters. The van der Waals surface area contributed by atoms with Gasteiger partial charge in [-0.15, -0.1) is 11.3 Å². The molecule has 0 bridgehead atoms. The Bertz CT molecular complexity index is 957. The molecule has 1 aromatic heterocycles. The van der Waals surface area contributed by atoms with Crippen molar-refractivity contribution in [1.82, 2.24) is 0 Å². The standard InChI is InChI=1S/C19H18N2O3S/c1-11-12(2)25-19(17(11)18(20)23)21-16(22)10-24-15-9-5-7-13-6-3-4-8-14(13)15/h3-9H,10H2,1-2H3,(H2,20,23)(H,21,22). The first-order valence-electron chi connectivity index (χ1n) is 7.77. The maximum atomic E-state index is 12.2. The highest BCUT2D eigenvalue weighted by molar-refractivity contribution is 7.16. The van der Waals surface area contributed by atoms with Crippen LogP contribution in [0.2, 0.25) is 0 Å². The van der Waals surface area contributed by atoms with Crippen molar-refractivity contribution in [3.05, 3.63) is 58.5 Å². The van der Waals surface area contributed by atoms with Gasteiger partial charge in [0.2, 0.25) is 0 Å². The zero-order valence-corrected chi connectivity index (χ0v) is 14.8. The first-order chi connectivity index (χ1) is 12.0. The van der Waals surface area contributed by atoms with Gasteiger partial charge in [-0.1, -0.05) is 36.4 Å². The summed E-state index contributed by atoms with van der Waals surface area (Å²) in [6, 6.07) is 13.5. The van der Waals surface area contributed by atoms with Gasteiger partial charge in [0.05, 0.1) is 5.56 Å². The maximum Gasteiger partial charge on any atom is 0.262 e. The van der Waals surface area contributed by atoms with Crippen molar-refractivity contribution in [3.8, 4) is 5.75 Å². The number of thiophene rings is 1. The fraction of sp³-hybridized carbons (Fsp3) is 0.158. The van der Waals surface area contributed by atoms with Gasteiger partial charge in [-0.2, -0.15) is 0 Å². The summed E-state index contributed by atoms with van der Waals surface area (Å²) in [7, 11) is 0. The number of hydrogen-bond acceptors (Lipinski definition) is 4. The quantitative estimate of drug-likeness (QED) is 0.734. The summed E-state index contributed by atoms with van der Waals surface area (Å²) < 4.78 is 5.67. The van der Waals surface area contributed by atoms with Crippen LogP contribution in [0.15, 0.2) is 42.5 Å². The predicted molar refractivity (Wildman–Crippen MR) is 100 cm³/mol. The number of rotatable bonds is 5. The van der Waals surface area contributed by atoms with Gasteiger partial charge in [0.25, 0.3) is 11.8 Å². The molecule has 0 aliphatic rings. The molecule has 3 aromatic rings. The summed E-state index contributed by atoms with van der Waals surface area (Å²) in [5, 5.41) is 5.18.